The molecule has 0 saturated carbocycles. The molecule has 1 aromatic carbocycles. The number of piperidine rings is 1. The summed E-state index contributed by atoms with van der Waals surface area (Å²) < 4.78 is 20.4. The van der Waals surface area contributed by atoms with Crippen LogP contribution in [0.15, 0.2) is 18.2 Å². The first-order chi connectivity index (χ1) is 17.3. The number of ether oxygens (including phenoxy) is 4. The lowest BCUT2D eigenvalue weighted by Crippen LogP contribution is -2.54. The van der Waals surface area contributed by atoms with Crippen molar-refractivity contribution in [3.8, 4) is 5.75 Å². The normalized spacial score (nSPS) is 17.9. The van der Waals surface area contributed by atoms with Crippen molar-refractivity contribution >= 4 is 36.0 Å². The maximum atomic E-state index is 13.0. The van der Waals surface area contributed by atoms with Crippen LogP contribution in [-0.2, 0) is 33.4 Å². The predicted molar refractivity (Wildman–Crippen MR) is 118 cm³/mol. The Labute approximate surface area is 205 Å². The lowest BCUT2D eigenvalue weighted by molar-refractivity contribution is -0.137. The second-order valence-electron chi connectivity index (χ2n) is 7.72. The Hall–Kier alpha value is -3.88. The summed E-state index contributed by atoms with van der Waals surface area (Å²) in [6.07, 6.45) is -0.804. The lowest BCUT2D eigenvalue weighted by atomic mass is 10.0. The Kier molecular flexibility index (Phi) is 9.44. The molecule has 3 rings (SSSR count). The molecule has 0 radical (unpaired) electrons. The highest BCUT2D eigenvalue weighted by Crippen LogP contribution is 2.33. The molecule has 2 aliphatic rings. The molecule has 2 atom stereocenters. The number of nitrogens with zero attached hydrogens (tertiary/aromatic N) is 1. The van der Waals surface area contributed by atoms with E-state index < -0.39 is 48.4 Å². The van der Waals surface area contributed by atoms with Gasteiger partial charge < -0.3 is 24.3 Å². The van der Waals surface area contributed by atoms with Gasteiger partial charge in [0.1, 0.15) is 11.8 Å². The predicted octanol–water partition coefficient (Wildman–Crippen LogP) is -1.93. The van der Waals surface area contributed by atoms with Crippen molar-refractivity contribution in [3.05, 3.63) is 29.3 Å². The van der Waals surface area contributed by atoms with E-state index in [9.17, 15) is 28.8 Å². The Balaban J connectivity index is 1.43. The van der Waals surface area contributed by atoms with Crippen molar-refractivity contribution in [2.45, 2.75) is 25.1 Å². The fourth-order valence-corrected chi connectivity index (χ4v) is 3.59. The second-order valence-corrected chi connectivity index (χ2v) is 7.72. The van der Waals surface area contributed by atoms with Crippen LogP contribution in [-0.4, -0.2) is 92.8 Å². The first kappa shape index (κ1) is 26.7. The Morgan fingerprint density at radius 3 is 2.69 bits per heavy atom. The van der Waals surface area contributed by atoms with Gasteiger partial charge in [0.2, 0.25) is 11.8 Å². The van der Waals surface area contributed by atoms with Crippen LogP contribution in [0.25, 0.3) is 0 Å². The van der Waals surface area contributed by atoms with Crippen LogP contribution >= 0.6 is 0 Å². The van der Waals surface area contributed by atoms with E-state index in [4.69, 9.17) is 19.9 Å². The molecule has 1 fully saturated rings. The summed E-state index contributed by atoms with van der Waals surface area (Å²) in [6, 6.07) is 3.27. The molecule has 0 aromatic heterocycles. The number of carbonyl (C=O) groups is 6. The van der Waals surface area contributed by atoms with Crippen molar-refractivity contribution in [3.63, 3.8) is 0 Å². The molecule has 36 heavy (non-hydrogen) atoms. The van der Waals surface area contributed by atoms with Crippen molar-refractivity contribution in [2.24, 2.45) is 5.73 Å². The number of fused-ring (bicyclic) bond motifs is 1. The molecule has 2 unspecified atom stereocenters. The third-order valence-corrected chi connectivity index (χ3v) is 5.24. The van der Waals surface area contributed by atoms with Gasteiger partial charge in [-0.2, -0.15) is 0 Å². The molecule has 2 heterocycles. The minimum Gasteiger partial charge on any atom is -0.483 e. The highest BCUT2D eigenvalue weighted by Gasteiger charge is 2.46. The van der Waals surface area contributed by atoms with Crippen LogP contribution in [0.2, 0.25) is 0 Å². The summed E-state index contributed by atoms with van der Waals surface area (Å²) in [4.78, 5) is 72.4. The Morgan fingerprint density at radius 2 is 1.94 bits per heavy atom. The van der Waals surface area contributed by atoms with Crippen LogP contribution in [0.5, 0.6) is 5.75 Å². The average molecular weight is 506 g/mol. The molecular formula is C22H26N4O10. The number of benzene rings is 1. The summed E-state index contributed by atoms with van der Waals surface area (Å²) in [6.45, 7) is 0.664. The topological polar surface area (TPSA) is 193 Å². The van der Waals surface area contributed by atoms with Crippen LogP contribution in [0.1, 0.15) is 33.6 Å². The first-order valence-electron chi connectivity index (χ1n) is 11.1. The number of hydrogen-bond donors (Lipinski definition) is 3. The zero-order valence-corrected chi connectivity index (χ0v) is 19.2. The molecule has 4 N–H and O–H groups in total. The number of carbonyl (C=O) groups excluding carboxylic acids is 6. The van der Waals surface area contributed by atoms with E-state index in [1.54, 1.807) is 0 Å². The zero-order chi connectivity index (χ0) is 26.1. The third kappa shape index (κ3) is 6.62. The van der Waals surface area contributed by atoms with Gasteiger partial charge in [0.25, 0.3) is 24.2 Å². The molecule has 0 bridgehead atoms. The van der Waals surface area contributed by atoms with Crippen molar-refractivity contribution < 1.29 is 47.7 Å². The summed E-state index contributed by atoms with van der Waals surface area (Å²) in [5.41, 5.74) is 5.41. The van der Waals surface area contributed by atoms with Crippen molar-refractivity contribution in [2.75, 3.05) is 39.6 Å². The number of nitrogens with one attached hydrogen (secondary N) is 2. The minimum atomic E-state index is -1.10. The molecule has 194 valence electrons. The fraction of sp³-hybridized carbons (Fsp3) is 0.455. The maximum absolute atomic E-state index is 13.0. The highest BCUT2D eigenvalue weighted by atomic mass is 16.6. The molecule has 1 saturated heterocycles. The summed E-state index contributed by atoms with van der Waals surface area (Å²) in [5.74, 6) is -3.03. The average Bonchev–Trinajstić information content (AvgIpc) is 3.10. The van der Waals surface area contributed by atoms with E-state index in [-0.39, 0.29) is 69.2 Å². The molecule has 0 spiro atoms. The molecule has 1 aromatic rings. The minimum absolute atomic E-state index is 0.00854. The smallest absolute Gasteiger partial charge is 0.294 e. The number of hydrogen-bond acceptors (Lipinski definition) is 11. The zero-order valence-electron chi connectivity index (χ0n) is 19.2. The second kappa shape index (κ2) is 12.7. The third-order valence-electron chi connectivity index (χ3n) is 5.24. The maximum Gasteiger partial charge on any atom is 0.294 e. The SMILES string of the molecule is NC(COCCOCCNC(=O)COc1cccc2c1C(=O)N(C1CCC(=O)NC1=O)C2=O)OC=O. The summed E-state index contributed by atoms with van der Waals surface area (Å²) in [7, 11) is 0. The van der Waals surface area contributed by atoms with Gasteiger partial charge in [-0.25, -0.2) is 0 Å². The van der Waals surface area contributed by atoms with Gasteiger partial charge in [-0.15, -0.1) is 0 Å². The standard InChI is InChI=1S/C22H26N4O10/c23-16(36-12-27)10-34-9-8-33-7-6-24-18(29)11-35-15-3-1-2-13-19(15)22(32)26(21(13)31)14-4-5-17(28)25-20(14)30/h1-3,12,14,16H,4-11,23H2,(H,24,29)(H,25,28,30). The molecule has 0 aliphatic carbocycles. The summed E-state index contributed by atoms with van der Waals surface area (Å²) >= 11 is 0. The molecule has 14 nitrogen and oxygen atoms in total. The molecule has 5 amide bonds. The van der Waals surface area contributed by atoms with E-state index in [1.807, 2.05) is 0 Å². The van der Waals surface area contributed by atoms with Gasteiger partial charge in [-0.05, 0) is 18.6 Å². The summed E-state index contributed by atoms with van der Waals surface area (Å²) in [5, 5.41) is 4.71. The van der Waals surface area contributed by atoms with Crippen LogP contribution < -0.4 is 21.1 Å². The largest absolute Gasteiger partial charge is 0.483 e. The number of imide groups is 2. The number of amides is 5. The first-order valence-corrected chi connectivity index (χ1v) is 11.1. The van der Waals surface area contributed by atoms with E-state index >= 15 is 0 Å². The quantitative estimate of drug-likeness (QED) is 0.110. The van der Waals surface area contributed by atoms with E-state index in [1.165, 1.54) is 18.2 Å². The Bertz CT molecular complexity index is 1030. The van der Waals surface area contributed by atoms with Gasteiger partial charge in [-0.3, -0.25) is 44.7 Å². The molecule has 2 aliphatic heterocycles. The lowest BCUT2D eigenvalue weighted by Gasteiger charge is -2.27. The van der Waals surface area contributed by atoms with E-state index in [0.29, 0.717) is 0 Å². The van der Waals surface area contributed by atoms with Crippen molar-refractivity contribution in [1.82, 2.24) is 15.5 Å². The van der Waals surface area contributed by atoms with Gasteiger partial charge in [0, 0.05) is 13.0 Å². The monoisotopic (exact) mass is 506 g/mol. The van der Waals surface area contributed by atoms with Gasteiger partial charge >= 0.3 is 0 Å². The van der Waals surface area contributed by atoms with Gasteiger partial charge in [0.15, 0.2) is 12.8 Å². The highest BCUT2D eigenvalue weighted by molar-refractivity contribution is 6.24. The molecular weight excluding hydrogens is 480 g/mol. The number of rotatable bonds is 14. The van der Waals surface area contributed by atoms with Gasteiger partial charge in [-0.1, -0.05) is 6.07 Å². The Morgan fingerprint density at radius 1 is 1.17 bits per heavy atom. The fourth-order valence-electron chi connectivity index (χ4n) is 3.59. The van der Waals surface area contributed by atoms with Crippen LogP contribution in [0.3, 0.4) is 0 Å². The van der Waals surface area contributed by atoms with Crippen molar-refractivity contribution in [1.29, 1.82) is 0 Å². The van der Waals surface area contributed by atoms with E-state index in [0.717, 1.165) is 4.90 Å². The van der Waals surface area contributed by atoms with Gasteiger partial charge in [0.05, 0.1) is 37.6 Å². The van der Waals surface area contributed by atoms with Crippen LogP contribution in [0, 0.1) is 0 Å². The van der Waals surface area contributed by atoms with Crippen LogP contribution in [0.4, 0.5) is 0 Å². The molecule has 14 heteroatoms. The van der Waals surface area contributed by atoms with E-state index in [2.05, 4.69) is 15.4 Å². The number of nitrogens with two attached hydrogens (primary N) is 1.